The van der Waals surface area contributed by atoms with Crippen LogP contribution in [0.3, 0.4) is 0 Å². The van der Waals surface area contributed by atoms with Crippen molar-refractivity contribution < 1.29 is 19.4 Å². The number of rotatable bonds is 4. The molecule has 1 amide bonds. The Kier molecular flexibility index (Phi) is 5.11. The van der Waals surface area contributed by atoms with Gasteiger partial charge in [0.1, 0.15) is 11.5 Å². The number of nitrogens with zero attached hydrogens (tertiary/aromatic N) is 1. The maximum absolute atomic E-state index is 13.1. The molecule has 1 fully saturated rings. The minimum Gasteiger partial charge on any atom is -0.507 e. The molecule has 0 radical (unpaired) electrons. The summed E-state index contributed by atoms with van der Waals surface area (Å²) in [6.45, 7) is 1.95. The van der Waals surface area contributed by atoms with Crippen LogP contribution in [-0.4, -0.2) is 23.9 Å². The summed E-state index contributed by atoms with van der Waals surface area (Å²) >= 11 is 0. The lowest BCUT2D eigenvalue weighted by molar-refractivity contribution is -0.132. The molecule has 1 N–H and O–H groups in total. The number of anilines is 1. The molecule has 3 aromatic carbocycles. The molecule has 1 atom stereocenters. The van der Waals surface area contributed by atoms with Gasteiger partial charge in [-0.3, -0.25) is 14.5 Å². The van der Waals surface area contributed by atoms with Gasteiger partial charge in [-0.2, -0.15) is 0 Å². The standard InChI is InChI=1S/C25H21NO4/c1-16-11-13-19(14-12-16)26-22(18-9-6-10-20(15-18)30-2)21(24(28)25(26)29)23(27)17-7-4-3-5-8-17/h3-15,22,27H,1-2H3/b23-21-. The van der Waals surface area contributed by atoms with Crippen molar-refractivity contribution in [3.63, 3.8) is 0 Å². The van der Waals surface area contributed by atoms with Crippen molar-refractivity contribution in [2.24, 2.45) is 0 Å². The molecular weight excluding hydrogens is 378 g/mol. The molecule has 0 spiro atoms. The summed E-state index contributed by atoms with van der Waals surface area (Å²) in [6.07, 6.45) is 0. The van der Waals surface area contributed by atoms with E-state index in [1.807, 2.05) is 31.2 Å². The maximum atomic E-state index is 13.1. The predicted molar refractivity (Wildman–Crippen MR) is 115 cm³/mol. The molecule has 5 heteroatoms. The Morgan fingerprint density at radius 1 is 0.933 bits per heavy atom. The molecule has 4 rings (SSSR count). The summed E-state index contributed by atoms with van der Waals surface area (Å²) in [5.41, 5.74) is 2.83. The summed E-state index contributed by atoms with van der Waals surface area (Å²) in [4.78, 5) is 27.6. The first-order valence-corrected chi connectivity index (χ1v) is 9.58. The molecule has 0 saturated carbocycles. The molecule has 0 aliphatic carbocycles. The average Bonchev–Trinajstić information content (AvgIpc) is 3.05. The monoisotopic (exact) mass is 399 g/mol. The fraction of sp³-hybridized carbons (Fsp3) is 0.120. The van der Waals surface area contributed by atoms with Crippen LogP contribution in [0.25, 0.3) is 5.76 Å². The third kappa shape index (κ3) is 3.35. The van der Waals surface area contributed by atoms with Gasteiger partial charge in [0.15, 0.2) is 0 Å². The van der Waals surface area contributed by atoms with Gasteiger partial charge >= 0.3 is 0 Å². The summed E-state index contributed by atoms with van der Waals surface area (Å²) in [5, 5.41) is 11.0. The summed E-state index contributed by atoms with van der Waals surface area (Å²) in [7, 11) is 1.56. The number of ether oxygens (including phenoxy) is 1. The van der Waals surface area contributed by atoms with Crippen LogP contribution in [0.4, 0.5) is 5.69 Å². The first-order valence-electron chi connectivity index (χ1n) is 9.58. The van der Waals surface area contributed by atoms with E-state index in [-0.39, 0.29) is 11.3 Å². The van der Waals surface area contributed by atoms with Crippen molar-refractivity contribution >= 4 is 23.1 Å². The van der Waals surface area contributed by atoms with Crippen molar-refractivity contribution in [3.8, 4) is 5.75 Å². The zero-order chi connectivity index (χ0) is 21.3. The van der Waals surface area contributed by atoms with E-state index in [0.717, 1.165) is 5.56 Å². The number of aryl methyl sites for hydroxylation is 1. The Labute approximate surface area is 174 Å². The highest BCUT2D eigenvalue weighted by molar-refractivity contribution is 6.51. The van der Waals surface area contributed by atoms with E-state index in [1.54, 1.807) is 61.7 Å². The SMILES string of the molecule is COc1cccc(C2/C(=C(/O)c3ccccc3)C(=O)C(=O)N2c2ccc(C)cc2)c1. The number of hydrogen-bond acceptors (Lipinski definition) is 4. The lowest BCUT2D eigenvalue weighted by Gasteiger charge is -2.25. The van der Waals surface area contributed by atoms with Crippen molar-refractivity contribution in [1.82, 2.24) is 0 Å². The molecule has 5 nitrogen and oxygen atoms in total. The van der Waals surface area contributed by atoms with Gasteiger partial charge in [0, 0.05) is 11.3 Å². The second-order valence-electron chi connectivity index (χ2n) is 7.15. The van der Waals surface area contributed by atoms with Gasteiger partial charge in [0.25, 0.3) is 11.7 Å². The van der Waals surface area contributed by atoms with Crippen LogP contribution < -0.4 is 9.64 Å². The van der Waals surface area contributed by atoms with Gasteiger partial charge < -0.3 is 9.84 Å². The van der Waals surface area contributed by atoms with E-state index in [4.69, 9.17) is 4.74 Å². The van der Waals surface area contributed by atoms with Crippen molar-refractivity contribution in [2.45, 2.75) is 13.0 Å². The van der Waals surface area contributed by atoms with Crippen LogP contribution in [0, 0.1) is 6.92 Å². The lowest BCUT2D eigenvalue weighted by atomic mass is 9.95. The lowest BCUT2D eigenvalue weighted by Crippen LogP contribution is -2.29. The van der Waals surface area contributed by atoms with Crippen LogP contribution in [0.5, 0.6) is 5.75 Å². The Morgan fingerprint density at radius 2 is 1.63 bits per heavy atom. The van der Waals surface area contributed by atoms with Gasteiger partial charge in [0.2, 0.25) is 0 Å². The number of ketones is 1. The summed E-state index contributed by atoms with van der Waals surface area (Å²) < 4.78 is 5.34. The van der Waals surface area contributed by atoms with Crippen LogP contribution in [0.15, 0.2) is 84.4 Å². The molecule has 0 aromatic heterocycles. The fourth-order valence-corrected chi connectivity index (χ4v) is 3.68. The van der Waals surface area contributed by atoms with Crippen molar-refractivity contribution in [1.29, 1.82) is 0 Å². The first kappa shape index (κ1) is 19.5. The highest BCUT2D eigenvalue weighted by Gasteiger charge is 2.47. The van der Waals surface area contributed by atoms with E-state index >= 15 is 0 Å². The quantitative estimate of drug-likeness (QED) is 0.395. The first-order chi connectivity index (χ1) is 14.5. The van der Waals surface area contributed by atoms with Crippen molar-refractivity contribution in [3.05, 3.63) is 101 Å². The van der Waals surface area contributed by atoms with Gasteiger partial charge in [-0.25, -0.2) is 0 Å². The second kappa shape index (κ2) is 7.87. The molecule has 1 aliphatic heterocycles. The number of aliphatic hydroxyl groups excluding tert-OH is 1. The van der Waals surface area contributed by atoms with Gasteiger partial charge in [-0.05, 0) is 36.8 Å². The van der Waals surface area contributed by atoms with E-state index in [9.17, 15) is 14.7 Å². The molecule has 1 aliphatic rings. The largest absolute Gasteiger partial charge is 0.507 e. The highest BCUT2D eigenvalue weighted by Crippen LogP contribution is 2.42. The summed E-state index contributed by atoms with van der Waals surface area (Å²) in [5.74, 6) is -0.994. The van der Waals surface area contributed by atoms with Crippen molar-refractivity contribution in [2.75, 3.05) is 12.0 Å². The molecule has 1 unspecified atom stereocenters. The number of hydrogen-bond donors (Lipinski definition) is 1. The zero-order valence-corrected chi connectivity index (χ0v) is 16.7. The maximum Gasteiger partial charge on any atom is 0.300 e. The number of amides is 1. The van der Waals surface area contributed by atoms with Crippen LogP contribution in [0.1, 0.15) is 22.7 Å². The Hall–Kier alpha value is -3.86. The Morgan fingerprint density at radius 3 is 2.30 bits per heavy atom. The molecule has 30 heavy (non-hydrogen) atoms. The van der Waals surface area contributed by atoms with E-state index in [0.29, 0.717) is 22.6 Å². The number of carbonyl (C=O) groups is 2. The van der Waals surface area contributed by atoms with E-state index in [1.165, 1.54) is 4.90 Å². The third-order valence-corrected chi connectivity index (χ3v) is 5.21. The fourth-order valence-electron chi connectivity index (χ4n) is 3.68. The van der Waals surface area contributed by atoms with Gasteiger partial charge in [-0.15, -0.1) is 0 Å². The molecule has 150 valence electrons. The van der Waals surface area contributed by atoms with Gasteiger partial charge in [0.05, 0.1) is 18.7 Å². The zero-order valence-electron chi connectivity index (χ0n) is 16.7. The predicted octanol–water partition coefficient (Wildman–Crippen LogP) is 4.63. The van der Waals surface area contributed by atoms with Crippen LogP contribution >= 0.6 is 0 Å². The van der Waals surface area contributed by atoms with Crippen LogP contribution in [-0.2, 0) is 9.59 Å². The molecule has 1 saturated heterocycles. The molecular formula is C25H21NO4. The summed E-state index contributed by atoms with van der Waals surface area (Å²) in [6, 6.07) is 22.5. The number of benzene rings is 3. The second-order valence-corrected chi connectivity index (χ2v) is 7.15. The smallest absolute Gasteiger partial charge is 0.300 e. The topological polar surface area (TPSA) is 66.8 Å². The minimum absolute atomic E-state index is 0.0556. The number of carbonyl (C=O) groups excluding carboxylic acids is 2. The highest BCUT2D eigenvalue weighted by atomic mass is 16.5. The van der Waals surface area contributed by atoms with E-state index in [2.05, 4.69) is 0 Å². The number of aliphatic hydroxyl groups is 1. The number of Topliss-reactive ketones (excluding diaryl/α,β-unsaturated/α-hetero) is 1. The Bertz CT molecular complexity index is 1130. The third-order valence-electron chi connectivity index (χ3n) is 5.21. The normalized spacial score (nSPS) is 17.9. The number of methoxy groups -OCH3 is 1. The van der Waals surface area contributed by atoms with Crippen LogP contribution in [0.2, 0.25) is 0 Å². The molecule has 1 heterocycles. The Balaban J connectivity index is 1.95. The average molecular weight is 399 g/mol. The van der Waals surface area contributed by atoms with E-state index < -0.39 is 17.7 Å². The molecule has 3 aromatic rings. The molecule has 0 bridgehead atoms. The van der Waals surface area contributed by atoms with Gasteiger partial charge in [-0.1, -0.05) is 60.2 Å². The minimum atomic E-state index is -0.775.